The summed E-state index contributed by atoms with van der Waals surface area (Å²) >= 11 is 0. The van der Waals surface area contributed by atoms with Gasteiger partial charge in [-0.25, -0.2) is 0 Å². The molecule has 6 nitrogen and oxygen atoms in total. The molecule has 1 amide bonds. The highest BCUT2D eigenvalue weighted by Gasteiger charge is 2.22. The zero-order chi connectivity index (χ0) is 17.5. The van der Waals surface area contributed by atoms with E-state index >= 15 is 0 Å². The highest BCUT2D eigenvalue weighted by atomic mass is 16.4. The Bertz CT molecular complexity index is 637. The van der Waals surface area contributed by atoms with Crippen molar-refractivity contribution in [1.29, 1.82) is 0 Å². The molecule has 0 saturated carbocycles. The van der Waals surface area contributed by atoms with Crippen LogP contribution < -0.4 is 5.32 Å². The van der Waals surface area contributed by atoms with Crippen LogP contribution >= 0.6 is 0 Å². The number of hydrogen-bond acceptors (Lipinski definition) is 5. The minimum atomic E-state index is -0.601. The van der Waals surface area contributed by atoms with E-state index in [0.717, 1.165) is 31.7 Å². The van der Waals surface area contributed by atoms with Gasteiger partial charge in [-0.15, -0.1) is 0 Å². The molecule has 3 rings (SSSR count). The maximum atomic E-state index is 12.1. The number of nitrogens with one attached hydrogen (secondary N) is 1. The van der Waals surface area contributed by atoms with Gasteiger partial charge in [0.25, 0.3) is 0 Å². The Morgan fingerprint density at radius 1 is 1.08 bits per heavy atom. The molecule has 6 heteroatoms. The van der Waals surface area contributed by atoms with Crippen molar-refractivity contribution >= 4 is 5.91 Å². The van der Waals surface area contributed by atoms with Crippen LogP contribution in [0, 0.1) is 0 Å². The van der Waals surface area contributed by atoms with E-state index in [2.05, 4.69) is 15.1 Å². The van der Waals surface area contributed by atoms with Crippen LogP contribution in [0.2, 0.25) is 0 Å². The molecule has 0 radical (unpaired) electrons. The summed E-state index contributed by atoms with van der Waals surface area (Å²) in [5, 5.41) is 13.1. The lowest BCUT2D eigenvalue weighted by Crippen LogP contribution is -2.50. The number of piperazine rings is 1. The summed E-state index contributed by atoms with van der Waals surface area (Å²) < 4.78 is 5.23. The molecule has 1 aliphatic heterocycles. The molecule has 1 aromatic carbocycles. The Kier molecular flexibility index (Phi) is 6.22. The van der Waals surface area contributed by atoms with Gasteiger partial charge in [-0.1, -0.05) is 30.3 Å². The molecule has 1 aliphatic rings. The van der Waals surface area contributed by atoms with Crippen molar-refractivity contribution in [1.82, 2.24) is 15.1 Å². The van der Waals surface area contributed by atoms with Crippen molar-refractivity contribution in [3.63, 3.8) is 0 Å². The number of aliphatic hydroxyl groups is 1. The lowest BCUT2D eigenvalue weighted by atomic mass is 10.2. The van der Waals surface area contributed by atoms with Gasteiger partial charge in [-0.05, 0) is 17.7 Å². The van der Waals surface area contributed by atoms with Crippen molar-refractivity contribution in [2.45, 2.75) is 12.6 Å². The number of carbonyl (C=O) groups excluding carboxylic acids is 1. The number of carbonyl (C=O) groups is 1. The molecule has 0 spiro atoms. The summed E-state index contributed by atoms with van der Waals surface area (Å²) in [7, 11) is 0. The quantitative estimate of drug-likeness (QED) is 0.792. The summed E-state index contributed by atoms with van der Waals surface area (Å²) in [5.41, 5.74) is 1.10. The molecule has 2 heterocycles. The number of aliphatic hydroxyl groups excluding tert-OH is 1. The summed E-state index contributed by atoms with van der Waals surface area (Å²) in [4.78, 5) is 16.4. The molecule has 1 aromatic heterocycles. The number of β-amino-alcohol motifs (C(OH)–C–C–N with tert-alkyl or cyclic N) is 1. The molecule has 0 bridgehead atoms. The molecular formula is C19H25N3O3. The molecule has 1 fully saturated rings. The second-order valence-corrected chi connectivity index (χ2v) is 6.37. The van der Waals surface area contributed by atoms with Gasteiger partial charge in [0.1, 0.15) is 11.9 Å². The Balaban J connectivity index is 1.35. The Morgan fingerprint density at radius 3 is 2.48 bits per heavy atom. The summed E-state index contributed by atoms with van der Waals surface area (Å²) in [6.07, 6.45) is 0.973. The third kappa shape index (κ3) is 5.42. The van der Waals surface area contributed by atoms with E-state index in [9.17, 15) is 9.90 Å². The van der Waals surface area contributed by atoms with E-state index in [4.69, 9.17) is 4.42 Å². The third-order valence-electron chi connectivity index (χ3n) is 4.47. The molecule has 134 valence electrons. The SMILES string of the molecule is O=C(CN1CCN(CC(O)c2ccco2)CC1)NCc1ccccc1. The van der Waals surface area contributed by atoms with Gasteiger partial charge >= 0.3 is 0 Å². The zero-order valence-corrected chi connectivity index (χ0v) is 14.3. The molecular weight excluding hydrogens is 318 g/mol. The molecule has 2 N–H and O–H groups in total. The topological polar surface area (TPSA) is 69.0 Å². The molecule has 25 heavy (non-hydrogen) atoms. The fraction of sp³-hybridized carbons (Fsp3) is 0.421. The number of benzene rings is 1. The first-order valence-corrected chi connectivity index (χ1v) is 8.67. The van der Waals surface area contributed by atoms with Crippen LogP contribution in [-0.4, -0.2) is 60.1 Å². The summed E-state index contributed by atoms with van der Waals surface area (Å²) in [6.45, 7) is 4.86. The van der Waals surface area contributed by atoms with Gasteiger partial charge in [0.15, 0.2) is 0 Å². The molecule has 1 saturated heterocycles. The Labute approximate surface area is 148 Å². The second kappa shape index (κ2) is 8.80. The van der Waals surface area contributed by atoms with E-state index in [1.165, 1.54) is 0 Å². The number of rotatable bonds is 7. The van der Waals surface area contributed by atoms with Crippen LogP contribution in [0.25, 0.3) is 0 Å². The van der Waals surface area contributed by atoms with Crippen molar-refractivity contribution in [3.8, 4) is 0 Å². The Morgan fingerprint density at radius 2 is 1.80 bits per heavy atom. The predicted octanol–water partition coefficient (Wildman–Crippen LogP) is 1.25. The molecule has 0 aliphatic carbocycles. The molecule has 1 atom stereocenters. The van der Waals surface area contributed by atoms with Crippen molar-refractivity contribution in [3.05, 3.63) is 60.1 Å². The van der Waals surface area contributed by atoms with Crippen molar-refractivity contribution in [2.24, 2.45) is 0 Å². The van der Waals surface area contributed by atoms with Crippen LogP contribution in [0.3, 0.4) is 0 Å². The first-order chi connectivity index (χ1) is 12.2. The maximum absolute atomic E-state index is 12.1. The average Bonchev–Trinajstić information content (AvgIpc) is 3.17. The molecule has 1 unspecified atom stereocenters. The van der Waals surface area contributed by atoms with Gasteiger partial charge in [-0.3, -0.25) is 14.6 Å². The van der Waals surface area contributed by atoms with Crippen LogP contribution in [0.15, 0.2) is 53.1 Å². The van der Waals surface area contributed by atoms with E-state index in [1.54, 1.807) is 18.4 Å². The summed E-state index contributed by atoms with van der Waals surface area (Å²) in [5.74, 6) is 0.649. The van der Waals surface area contributed by atoms with E-state index in [1.807, 2.05) is 30.3 Å². The van der Waals surface area contributed by atoms with Gasteiger partial charge in [0, 0.05) is 39.3 Å². The monoisotopic (exact) mass is 343 g/mol. The minimum absolute atomic E-state index is 0.0490. The fourth-order valence-electron chi connectivity index (χ4n) is 3.00. The minimum Gasteiger partial charge on any atom is -0.467 e. The standard InChI is InChI=1S/C19H25N3O3/c23-17(18-7-4-12-25-18)14-21-8-10-22(11-9-21)15-19(24)20-13-16-5-2-1-3-6-16/h1-7,12,17,23H,8-11,13-15H2,(H,20,24). The van der Waals surface area contributed by atoms with Crippen molar-refractivity contribution in [2.75, 3.05) is 39.3 Å². The Hall–Kier alpha value is -2.15. The largest absolute Gasteiger partial charge is 0.467 e. The van der Waals surface area contributed by atoms with Gasteiger partial charge < -0.3 is 14.8 Å². The fourth-order valence-corrected chi connectivity index (χ4v) is 3.00. The van der Waals surface area contributed by atoms with Crippen LogP contribution in [0.4, 0.5) is 0 Å². The van der Waals surface area contributed by atoms with Crippen LogP contribution in [0.1, 0.15) is 17.4 Å². The van der Waals surface area contributed by atoms with Crippen LogP contribution in [-0.2, 0) is 11.3 Å². The van der Waals surface area contributed by atoms with Gasteiger partial charge in [0.2, 0.25) is 5.91 Å². The highest BCUT2D eigenvalue weighted by molar-refractivity contribution is 5.78. The predicted molar refractivity (Wildman–Crippen MR) is 94.8 cm³/mol. The third-order valence-corrected chi connectivity index (χ3v) is 4.47. The zero-order valence-electron chi connectivity index (χ0n) is 14.3. The van der Waals surface area contributed by atoms with E-state index < -0.39 is 6.10 Å². The van der Waals surface area contributed by atoms with Gasteiger partial charge in [-0.2, -0.15) is 0 Å². The van der Waals surface area contributed by atoms with E-state index in [-0.39, 0.29) is 5.91 Å². The van der Waals surface area contributed by atoms with E-state index in [0.29, 0.717) is 25.4 Å². The van der Waals surface area contributed by atoms with Gasteiger partial charge in [0.05, 0.1) is 12.8 Å². The average molecular weight is 343 g/mol. The number of hydrogen-bond donors (Lipinski definition) is 2. The number of nitrogens with zero attached hydrogens (tertiary/aromatic N) is 2. The molecule has 2 aromatic rings. The first-order valence-electron chi connectivity index (χ1n) is 8.67. The van der Waals surface area contributed by atoms with Crippen LogP contribution in [0.5, 0.6) is 0 Å². The maximum Gasteiger partial charge on any atom is 0.234 e. The normalized spacial score (nSPS) is 17.3. The number of furan rings is 1. The summed E-state index contributed by atoms with van der Waals surface area (Å²) in [6, 6.07) is 13.5. The first kappa shape index (κ1) is 17.7. The highest BCUT2D eigenvalue weighted by Crippen LogP contribution is 2.15. The van der Waals surface area contributed by atoms with Crippen molar-refractivity contribution < 1.29 is 14.3 Å². The smallest absolute Gasteiger partial charge is 0.234 e. The number of amides is 1. The lowest BCUT2D eigenvalue weighted by Gasteiger charge is -2.34. The second-order valence-electron chi connectivity index (χ2n) is 6.37. The lowest BCUT2D eigenvalue weighted by molar-refractivity contribution is -0.122.